The van der Waals surface area contributed by atoms with Crippen molar-refractivity contribution in [2.45, 2.75) is 43.9 Å². The highest BCUT2D eigenvalue weighted by Crippen LogP contribution is 2.37. The Hall–Kier alpha value is -4.57. The predicted octanol–water partition coefficient (Wildman–Crippen LogP) is 3.51. The monoisotopic (exact) mass is 547 g/mol. The topological polar surface area (TPSA) is 143 Å². The molecule has 210 valence electrons. The van der Waals surface area contributed by atoms with Gasteiger partial charge in [0.25, 0.3) is 0 Å². The Balaban J connectivity index is 1.74. The maximum absolute atomic E-state index is 13.7. The number of amides is 2. The molecule has 3 aromatic carbocycles. The SMILES string of the molecule is COc1cc(C[C@@]2(C(N)=O)CCCN2N(C(=O)OCc2ccccc2)[C@H](Cc2ccccc2)C(=O)O)ccc1O. The highest BCUT2D eigenvalue weighted by Gasteiger charge is 2.53. The summed E-state index contributed by atoms with van der Waals surface area (Å²) in [6.07, 6.45) is -0.0964. The van der Waals surface area contributed by atoms with E-state index >= 15 is 0 Å². The lowest BCUT2D eigenvalue weighted by molar-refractivity contribution is -0.162. The van der Waals surface area contributed by atoms with Gasteiger partial charge in [-0.15, -0.1) is 0 Å². The number of hydrazine groups is 1. The van der Waals surface area contributed by atoms with Crippen molar-refractivity contribution in [1.82, 2.24) is 10.0 Å². The van der Waals surface area contributed by atoms with E-state index in [1.54, 1.807) is 60.7 Å². The molecule has 10 nitrogen and oxygen atoms in total. The number of phenolic OH excluding ortho intramolecular Hbond substituents is 1. The van der Waals surface area contributed by atoms with E-state index in [4.69, 9.17) is 15.2 Å². The number of hydrogen-bond donors (Lipinski definition) is 3. The lowest BCUT2D eigenvalue weighted by atomic mass is 9.87. The van der Waals surface area contributed by atoms with Gasteiger partial charge >= 0.3 is 12.1 Å². The quantitative estimate of drug-likeness (QED) is 0.331. The number of methoxy groups -OCH3 is 1. The molecule has 0 bridgehead atoms. The summed E-state index contributed by atoms with van der Waals surface area (Å²) in [7, 11) is 1.41. The minimum Gasteiger partial charge on any atom is -0.504 e. The van der Waals surface area contributed by atoms with Crippen LogP contribution in [0.3, 0.4) is 0 Å². The number of aliphatic carboxylic acids is 1. The first-order chi connectivity index (χ1) is 19.2. The average molecular weight is 548 g/mol. The fourth-order valence-corrected chi connectivity index (χ4v) is 5.16. The van der Waals surface area contributed by atoms with Crippen LogP contribution in [0.25, 0.3) is 0 Å². The first-order valence-corrected chi connectivity index (χ1v) is 12.9. The van der Waals surface area contributed by atoms with E-state index in [-0.39, 0.29) is 43.9 Å². The summed E-state index contributed by atoms with van der Waals surface area (Å²) in [5, 5.41) is 22.9. The second kappa shape index (κ2) is 12.5. The van der Waals surface area contributed by atoms with Gasteiger partial charge in [0, 0.05) is 19.4 Å². The van der Waals surface area contributed by atoms with Crippen LogP contribution in [0.2, 0.25) is 0 Å². The van der Waals surface area contributed by atoms with Crippen LogP contribution < -0.4 is 10.5 Å². The van der Waals surface area contributed by atoms with Crippen LogP contribution in [0.15, 0.2) is 78.9 Å². The van der Waals surface area contributed by atoms with Crippen LogP contribution in [0.5, 0.6) is 11.5 Å². The van der Waals surface area contributed by atoms with Crippen molar-refractivity contribution in [3.63, 3.8) is 0 Å². The summed E-state index contributed by atoms with van der Waals surface area (Å²) < 4.78 is 10.8. The molecule has 1 saturated heterocycles. The van der Waals surface area contributed by atoms with E-state index in [2.05, 4.69) is 0 Å². The fraction of sp³-hybridized carbons (Fsp3) is 0.300. The minimum absolute atomic E-state index is 0.0189. The predicted molar refractivity (Wildman–Crippen MR) is 146 cm³/mol. The largest absolute Gasteiger partial charge is 0.504 e. The maximum Gasteiger partial charge on any atom is 0.425 e. The molecule has 4 N–H and O–H groups in total. The summed E-state index contributed by atoms with van der Waals surface area (Å²) in [4.78, 5) is 39.6. The summed E-state index contributed by atoms with van der Waals surface area (Å²) in [5.74, 6) is -1.81. The molecule has 1 heterocycles. The van der Waals surface area contributed by atoms with E-state index < -0.39 is 29.6 Å². The Labute approximate surface area is 232 Å². The molecule has 0 aromatic heterocycles. The number of benzene rings is 3. The molecular weight excluding hydrogens is 514 g/mol. The van der Waals surface area contributed by atoms with Gasteiger partial charge in [-0.2, -0.15) is 5.01 Å². The van der Waals surface area contributed by atoms with E-state index in [0.29, 0.717) is 17.5 Å². The van der Waals surface area contributed by atoms with Crippen molar-refractivity contribution in [1.29, 1.82) is 0 Å². The van der Waals surface area contributed by atoms with Gasteiger partial charge in [-0.1, -0.05) is 66.7 Å². The van der Waals surface area contributed by atoms with E-state index in [0.717, 1.165) is 10.6 Å². The minimum atomic E-state index is -1.43. The number of carboxylic acid groups (broad SMARTS) is 1. The molecular formula is C30H33N3O7. The molecule has 0 spiro atoms. The second-order valence-corrected chi connectivity index (χ2v) is 9.73. The highest BCUT2D eigenvalue weighted by atomic mass is 16.6. The Morgan fingerprint density at radius 2 is 1.65 bits per heavy atom. The van der Waals surface area contributed by atoms with Crippen LogP contribution in [0.4, 0.5) is 4.79 Å². The number of hydrogen-bond acceptors (Lipinski definition) is 7. The van der Waals surface area contributed by atoms with E-state index in [1.165, 1.54) is 18.2 Å². The lowest BCUT2D eigenvalue weighted by Crippen LogP contribution is -2.66. The second-order valence-electron chi connectivity index (χ2n) is 9.73. The van der Waals surface area contributed by atoms with Crippen LogP contribution in [-0.4, -0.2) is 63.4 Å². The molecule has 10 heteroatoms. The Morgan fingerprint density at radius 3 is 2.25 bits per heavy atom. The van der Waals surface area contributed by atoms with Crippen LogP contribution in [0, 0.1) is 0 Å². The van der Waals surface area contributed by atoms with Crippen molar-refractivity contribution < 1.29 is 34.1 Å². The zero-order valence-electron chi connectivity index (χ0n) is 22.2. The molecule has 2 atom stereocenters. The molecule has 40 heavy (non-hydrogen) atoms. The van der Waals surface area contributed by atoms with Crippen molar-refractivity contribution >= 4 is 18.0 Å². The summed E-state index contributed by atoms with van der Waals surface area (Å²) >= 11 is 0. The van der Waals surface area contributed by atoms with E-state index in [9.17, 15) is 24.6 Å². The number of primary amides is 1. The molecule has 1 aliphatic heterocycles. The number of nitrogens with zero attached hydrogens (tertiary/aromatic N) is 2. The van der Waals surface area contributed by atoms with Gasteiger partial charge in [-0.05, 0) is 41.7 Å². The van der Waals surface area contributed by atoms with Crippen LogP contribution in [-0.2, 0) is 33.8 Å². The molecule has 1 fully saturated rings. The number of carboxylic acids is 1. The molecule has 4 rings (SSSR count). The maximum atomic E-state index is 13.7. The van der Waals surface area contributed by atoms with Crippen molar-refractivity contribution in [2.75, 3.05) is 13.7 Å². The normalized spacial score (nSPS) is 17.6. The number of phenols is 1. The van der Waals surface area contributed by atoms with Gasteiger partial charge < -0.3 is 25.4 Å². The summed E-state index contributed by atoms with van der Waals surface area (Å²) in [5.41, 5.74) is 6.63. The van der Waals surface area contributed by atoms with E-state index in [1.807, 2.05) is 12.1 Å². The van der Waals surface area contributed by atoms with Gasteiger partial charge in [-0.25, -0.2) is 14.6 Å². The Kier molecular flexibility index (Phi) is 8.90. The van der Waals surface area contributed by atoms with Gasteiger partial charge in [-0.3, -0.25) is 4.79 Å². The van der Waals surface area contributed by atoms with Crippen molar-refractivity contribution in [2.24, 2.45) is 5.73 Å². The third-order valence-electron chi connectivity index (χ3n) is 7.16. The fourth-order valence-electron chi connectivity index (χ4n) is 5.16. The average Bonchev–Trinajstić information content (AvgIpc) is 3.37. The highest BCUT2D eigenvalue weighted by molar-refractivity contribution is 5.87. The molecule has 1 aliphatic rings. The zero-order valence-corrected chi connectivity index (χ0v) is 22.2. The van der Waals surface area contributed by atoms with Crippen molar-refractivity contribution in [3.05, 3.63) is 95.6 Å². The molecule has 3 aromatic rings. The Bertz CT molecular complexity index is 1340. The molecule has 0 aliphatic carbocycles. The van der Waals surface area contributed by atoms with Gasteiger partial charge in [0.1, 0.15) is 12.1 Å². The molecule has 0 saturated carbocycles. The number of rotatable bonds is 11. The molecule has 0 unspecified atom stereocenters. The number of ether oxygens (including phenoxy) is 2. The lowest BCUT2D eigenvalue weighted by Gasteiger charge is -2.44. The number of aromatic hydroxyl groups is 1. The van der Waals surface area contributed by atoms with Gasteiger partial charge in [0.05, 0.1) is 7.11 Å². The van der Waals surface area contributed by atoms with Gasteiger partial charge in [0.15, 0.2) is 17.5 Å². The zero-order chi connectivity index (χ0) is 28.7. The molecule has 2 amide bonds. The van der Waals surface area contributed by atoms with Gasteiger partial charge in [0.2, 0.25) is 5.91 Å². The standard InChI is InChI=1S/C30H33N3O7/c1-39-26-18-23(13-14-25(26)34)19-30(28(31)37)15-8-16-32(30)33(29(38)40-20-22-11-6-3-7-12-22)24(27(35)36)17-21-9-4-2-5-10-21/h2-7,9-14,18,24,34H,8,15-17,19-20H2,1H3,(H2,31,37)(H,35,36)/t24-,30-/m1/s1. The third kappa shape index (κ3) is 6.18. The van der Waals surface area contributed by atoms with Crippen LogP contribution in [0.1, 0.15) is 29.5 Å². The number of carbonyl (C=O) groups excluding carboxylic acids is 2. The smallest absolute Gasteiger partial charge is 0.425 e. The third-order valence-corrected chi connectivity index (χ3v) is 7.16. The molecule has 0 radical (unpaired) electrons. The van der Waals surface area contributed by atoms with Crippen molar-refractivity contribution in [3.8, 4) is 11.5 Å². The first-order valence-electron chi connectivity index (χ1n) is 12.9. The first kappa shape index (κ1) is 28.4. The number of carbonyl (C=O) groups is 3. The number of nitrogens with two attached hydrogens (primary N) is 1. The summed E-state index contributed by atoms with van der Waals surface area (Å²) in [6.45, 7) is 0.123. The Morgan fingerprint density at radius 1 is 1.00 bits per heavy atom. The van der Waals surface area contributed by atoms with Crippen LogP contribution >= 0.6 is 0 Å². The summed E-state index contributed by atoms with van der Waals surface area (Å²) in [6, 6.07) is 21.3.